The van der Waals surface area contributed by atoms with Crippen LogP contribution in [-0.2, 0) is 0 Å². The minimum atomic E-state index is 0.482. The molecule has 2 nitrogen and oxygen atoms in total. The van der Waals surface area contributed by atoms with E-state index < -0.39 is 0 Å². The predicted molar refractivity (Wildman–Crippen MR) is 71.6 cm³/mol. The van der Waals surface area contributed by atoms with Crippen LogP contribution < -0.4 is 10.1 Å². The van der Waals surface area contributed by atoms with Crippen LogP contribution in [0, 0.1) is 6.92 Å². The van der Waals surface area contributed by atoms with Gasteiger partial charge in [0, 0.05) is 18.0 Å². The zero-order chi connectivity index (χ0) is 12.1. The number of nitrogens with one attached hydrogen (secondary N) is 1. The largest absolute Gasteiger partial charge is 0.493 e. The number of hydrogen-bond acceptors (Lipinski definition) is 2. The van der Waals surface area contributed by atoms with E-state index in [9.17, 15) is 0 Å². The van der Waals surface area contributed by atoms with Gasteiger partial charge in [0.05, 0.1) is 6.61 Å². The maximum absolute atomic E-state index is 5.77. The van der Waals surface area contributed by atoms with Crippen LogP contribution in [0.5, 0.6) is 5.75 Å². The van der Waals surface area contributed by atoms with Gasteiger partial charge in [-0.25, -0.2) is 0 Å². The number of aryl methyl sites for hydroxylation is 1. The lowest BCUT2D eigenvalue weighted by Gasteiger charge is -2.28. The number of fused-ring (bicyclic) bond motifs is 1. The van der Waals surface area contributed by atoms with E-state index in [2.05, 4.69) is 37.4 Å². The highest BCUT2D eigenvalue weighted by Gasteiger charge is 2.21. The highest BCUT2D eigenvalue weighted by molar-refractivity contribution is 5.43. The molecule has 0 spiro atoms. The molecule has 94 valence electrons. The number of benzene rings is 1. The first-order valence-electron chi connectivity index (χ1n) is 6.78. The Morgan fingerprint density at radius 3 is 3.06 bits per heavy atom. The summed E-state index contributed by atoms with van der Waals surface area (Å²) in [6, 6.07) is 6.93. The van der Waals surface area contributed by atoms with Crippen LogP contribution in [0.2, 0.25) is 0 Å². The van der Waals surface area contributed by atoms with E-state index in [-0.39, 0.29) is 0 Å². The minimum absolute atomic E-state index is 0.482. The smallest absolute Gasteiger partial charge is 0.126 e. The Bertz CT molecular complexity index is 362. The van der Waals surface area contributed by atoms with Crippen LogP contribution in [0.25, 0.3) is 0 Å². The monoisotopic (exact) mass is 233 g/mol. The highest BCUT2D eigenvalue weighted by atomic mass is 16.5. The molecule has 1 atom stereocenters. The van der Waals surface area contributed by atoms with Gasteiger partial charge in [-0.15, -0.1) is 0 Å². The average Bonchev–Trinajstić information content (AvgIpc) is 2.36. The molecule has 0 amide bonds. The van der Waals surface area contributed by atoms with Crippen molar-refractivity contribution in [2.24, 2.45) is 0 Å². The summed E-state index contributed by atoms with van der Waals surface area (Å²) >= 11 is 0. The van der Waals surface area contributed by atoms with Crippen LogP contribution in [0.4, 0.5) is 0 Å². The van der Waals surface area contributed by atoms with Gasteiger partial charge in [-0.1, -0.05) is 38.0 Å². The normalized spacial score (nSPS) is 18.6. The van der Waals surface area contributed by atoms with Gasteiger partial charge in [0.15, 0.2) is 0 Å². The van der Waals surface area contributed by atoms with Crippen LogP contribution in [0.15, 0.2) is 18.2 Å². The van der Waals surface area contributed by atoms with Crippen molar-refractivity contribution in [3.63, 3.8) is 0 Å². The molecule has 1 aromatic rings. The number of hydrogen-bond donors (Lipinski definition) is 1. The fraction of sp³-hybridized carbons (Fsp3) is 0.600. The van der Waals surface area contributed by atoms with Gasteiger partial charge in [0.1, 0.15) is 5.75 Å². The summed E-state index contributed by atoms with van der Waals surface area (Å²) in [6.45, 7) is 6.32. The number of unbranched alkanes of at least 4 members (excludes halogenated alkanes) is 2. The first-order chi connectivity index (χ1) is 8.33. The van der Waals surface area contributed by atoms with Crippen molar-refractivity contribution in [1.82, 2.24) is 5.32 Å². The van der Waals surface area contributed by atoms with Crippen molar-refractivity contribution in [3.05, 3.63) is 29.3 Å². The molecule has 17 heavy (non-hydrogen) atoms. The molecule has 0 fully saturated rings. The van der Waals surface area contributed by atoms with E-state index in [1.54, 1.807) is 0 Å². The third-order valence-corrected chi connectivity index (χ3v) is 3.44. The first-order valence-corrected chi connectivity index (χ1v) is 6.78. The molecule has 0 saturated carbocycles. The van der Waals surface area contributed by atoms with E-state index in [1.165, 1.54) is 30.4 Å². The van der Waals surface area contributed by atoms with Crippen molar-refractivity contribution in [1.29, 1.82) is 0 Å². The van der Waals surface area contributed by atoms with Crippen molar-refractivity contribution < 1.29 is 4.74 Å². The molecule has 0 saturated heterocycles. The standard InChI is InChI=1S/C15H23NO/c1-3-4-5-10-16-14-9-11-17-15-12(2)7-6-8-13(14)15/h6-8,14,16H,3-5,9-11H2,1-2H3. The van der Waals surface area contributed by atoms with Crippen LogP contribution >= 0.6 is 0 Å². The SMILES string of the molecule is CCCCCNC1CCOc2c(C)cccc21. The zero-order valence-corrected chi connectivity index (χ0v) is 11.0. The molecule has 2 rings (SSSR count). The molecule has 1 aliphatic heterocycles. The van der Waals surface area contributed by atoms with Gasteiger partial charge in [0.2, 0.25) is 0 Å². The molecule has 1 N–H and O–H groups in total. The first kappa shape index (κ1) is 12.4. The van der Waals surface area contributed by atoms with Gasteiger partial charge in [-0.3, -0.25) is 0 Å². The number of rotatable bonds is 5. The fourth-order valence-corrected chi connectivity index (χ4v) is 2.44. The van der Waals surface area contributed by atoms with E-state index in [4.69, 9.17) is 4.74 Å². The van der Waals surface area contributed by atoms with E-state index in [0.29, 0.717) is 6.04 Å². The summed E-state index contributed by atoms with van der Waals surface area (Å²) in [5.41, 5.74) is 2.59. The van der Waals surface area contributed by atoms with E-state index in [0.717, 1.165) is 25.3 Å². The fourth-order valence-electron chi connectivity index (χ4n) is 2.44. The van der Waals surface area contributed by atoms with Gasteiger partial charge in [0.25, 0.3) is 0 Å². The summed E-state index contributed by atoms with van der Waals surface area (Å²) in [6.07, 6.45) is 4.96. The summed E-state index contributed by atoms with van der Waals surface area (Å²) in [4.78, 5) is 0. The maximum Gasteiger partial charge on any atom is 0.126 e. The molecule has 1 aliphatic rings. The molecular formula is C15H23NO. The molecule has 2 heteroatoms. The molecule has 1 aromatic carbocycles. The van der Waals surface area contributed by atoms with E-state index in [1.807, 2.05) is 0 Å². The third-order valence-electron chi connectivity index (χ3n) is 3.44. The molecular weight excluding hydrogens is 210 g/mol. The number of para-hydroxylation sites is 1. The Labute approximate surface area is 104 Å². The third kappa shape index (κ3) is 3.01. The van der Waals surface area contributed by atoms with Crippen molar-refractivity contribution in [2.45, 2.75) is 45.6 Å². The maximum atomic E-state index is 5.77. The molecule has 0 aliphatic carbocycles. The summed E-state index contributed by atoms with van der Waals surface area (Å²) in [7, 11) is 0. The average molecular weight is 233 g/mol. The lowest BCUT2D eigenvalue weighted by molar-refractivity contribution is 0.251. The second-order valence-electron chi connectivity index (χ2n) is 4.84. The minimum Gasteiger partial charge on any atom is -0.493 e. The quantitative estimate of drug-likeness (QED) is 0.785. The Hall–Kier alpha value is -1.02. The topological polar surface area (TPSA) is 21.3 Å². The summed E-state index contributed by atoms with van der Waals surface area (Å²) < 4.78 is 5.77. The van der Waals surface area contributed by atoms with Gasteiger partial charge in [-0.2, -0.15) is 0 Å². The van der Waals surface area contributed by atoms with Crippen LogP contribution in [0.3, 0.4) is 0 Å². The summed E-state index contributed by atoms with van der Waals surface area (Å²) in [5.74, 6) is 1.10. The molecule has 1 heterocycles. The molecule has 0 radical (unpaired) electrons. The lowest BCUT2D eigenvalue weighted by atomic mass is 9.98. The van der Waals surface area contributed by atoms with Crippen molar-refractivity contribution in [2.75, 3.05) is 13.2 Å². The Morgan fingerprint density at radius 2 is 2.24 bits per heavy atom. The highest BCUT2D eigenvalue weighted by Crippen LogP contribution is 2.34. The second-order valence-corrected chi connectivity index (χ2v) is 4.84. The number of ether oxygens (including phenoxy) is 1. The molecule has 0 bridgehead atoms. The van der Waals surface area contributed by atoms with E-state index >= 15 is 0 Å². The Kier molecular flexibility index (Phi) is 4.43. The van der Waals surface area contributed by atoms with Gasteiger partial charge in [-0.05, 0) is 25.5 Å². The Balaban J connectivity index is 1.99. The van der Waals surface area contributed by atoms with Crippen LogP contribution in [-0.4, -0.2) is 13.2 Å². The lowest BCUT2D eigenvalue weighted by Crippen LogP contribution is -2.28. The predicted octanol–water partition coefficient (Wildman–Crippen LogP) is 3.60. The molecule has 0 aromatic heterocycles. The summed E-state index contributed by atoms with van der Waals surface area (Å²) in [5, 5.41) is 3.66. The van der Waals surface area contributed by atoms with Crippen LogP contribution in [0.1, 0.15) is 49.8 Å². The Morgan fingerprint density at radius 1 is 1.35 bits per heavy atom. The van der Waals surface area contributed by atoms with Gasteiger partial charge >= 0.3 is 0 Å². The van der Waals surface area contributed by atoms with Crippen molar-refractivity contribution in [3.8, 4) is 5.75 Å². The zero-order valence-electron chi connectivity index (χ0n) is 11.0. The van der Waals surface area contributed by atoms with Crippen molar-refractivity contribution >= 4 is 0 Å². The second kappa shape index (κ2) is 6.06. The van der Waals surface area contributed by atoms with Gasteiger partial charge < -0.3 is 10.1 Å². The molecule has 1 unspecified atom stereocenters.